The number of furan rings is 1. The van der Waals surface area contributed by atoms with E-state index in [-0.39, 0.29) is 23.9 Å². The van der Waals surface area contributed by atoms with Crippen LogP contribution in [0.1, 0.15) is 35.0 Å². The Labute approximate surface area is 87.5 Å². The molecule has 1 aromatic rings. The van der Waals surface area contributed by atoms with Gasteiger partial charge in [-0.2, -0.15) is 0 Å². The average molecular weight is 208 g/mol. The minimum absolute atomic E-state index is 0.0460. The van der Waals surface area contributed by atoms with E-state index >= 15 is 0 Å². The first-order valence-corrected chi connectivity index (χ1v) is 4.63. The first kappa shape index (κ1) is 11.2. The van der Waals surface area contributed by atoms with Crippen LogP contribution in [0.5, 0.6) is 0 Å². The van der Waals surface area contributed by atoms with E-state index in [4.69, 9.17) is 9.15 Å². The van der Waals surface area contributed by atoms with Crippen LogP contribution in [-0.2, 0) is 4.74 Å². The van der Waals surface area contributed by atoms with Crippen molar-refractivity contribution in [3.63, 3.8) is 0 Å². The summed E-state index contributed by atoms with van der Waals surface area (Å²) in [5, 5.41) is 0. The van der Waals surface area contributed by atoms with Gasteiger partial charge in [-0.3, -0.25) is 4.79 Å². The van der Waals surface area contributed by atoms with Crippen LogP contribution in [0, 0.1) is 0 Å². The van der Waals surface area contributed by atoms with Gasteiger partial charge in [-0.15, -0.1) is 0 Å². The number of hydrogen-bond acceptors (Lipinski definition) is 4. The summed E-state index contributed by atoms with van der Waals surface area (Å²) in [4.78, 5) is 22.5. The summed E-state index contributed by atoms with van der Waals surface area (Å²) in [6.07, 6.45) is 2.97. The van der Waals surface area contributed by atoms with Crippen molar-refractivity contribution in [2.45, 2.75) is 13.8 Å². The maximum Gasteiger partial charge on any atom is 0.374 e. The van der Waals surface area contributed by atoms with Gasteiger partial charge in [-0.1, -0.05) is 6.08 Å². The lowest BCUT2D eigenvalue weighted by atomic mass is 10.3. The Balaban J connectivity index is 2.80. The Morgan fingerprint density at radius 2 is 2.07 bits per heavy atom. The summed E-state index contributed by atoms with van der Waals surface area (Å²) in [5.41, 5.74) is 0. The lowest BCUT2D eigenvalue weighted by molar-refractivity contribution is 0.0488. The molecule has 0 saturated carbocycles. The largest absolute Gasteiger partial charge is 0.460 e. The van der Waals surface area contributed by atoms with Gasteiger partial charge in [0, 0.05) is 0 Å². The van der Waals surface area contributed by atoms with Crippen LogP contribution in [0.4, 0.5) is 0 Å². The number of ether oxygens (including phenoxy) is 1. The Kier molecular flexibility index (Phi) is 3.85. The molecule has 0 bridgehead atoms. The summed E-state index contributed by atoms with van der Waals surface area (Å²) >= 11 is 0. The van der Waals surface area contributed by atoms with Crippen molar-refractivity contribution < 1.29 is 18.7 Å². The highest BCUT2D eigenvalue weighted by atomic mass is 16.5. The van der Waals surface area contributed by atoms with E-state index in [2.05, 4.69) is 0 Å². The second-order valence-electron chi connectivity index (χ2n) is 2.75. The molecule has 0 unspecified atom stereocenters. The van der Waals surface area contributed by atoms with Crippen LogP contribution in [-0.4, -0.2) is 18.4 Å². The van der Waals surface area contributed by atoms with E-state index in [1.807, 2.05) is 0 Å². The molecule has 1 aromatic heterocycles. The molecule has 1 rings (SSSR count). The first-order chi connectivity index (χ1) is 7.19. The molecule has 0 aliphatic carbocycles. The van der Waals surface area contributed by atoms with E-state index in [1.165, 1.54) is 18.2 Å². The fourth-order valence-electron chi connectivity index (χ4n) is 1.02. The number of esters is 1. The smallest absolute Gasteiger partial charge is 0.374 e. The molecule has 0 aromatic carbocycles. The number of ketones is 1. The number of rotatable bonds is 4. The topological polar surface area (TPSA) is 56.5 Å². The molecular formula is C11H12O4. The molecular weight excluding hydrogens is 196 g/mol. The average Bonchev–Trinajstić information content (AvgIpc) is 2.67. The third-order valence-corrected chi connectivity index (χ3v) is 1.64. The van der Waals surface area contributed by atoms with Crippen molar-refractivity contribution in [2.24, 2.45) is 0 Å². The van der Waals surface area contributed by atoms with Crippen LogP contribution in [0.25, 0.3) is 0 Å². The summed E-state index contributed by atoms with van der Waals surface area (Å²) in [6, 6.07) is 2.88. The van der Waals surface area contributed by atoms with Gasteiger partial charge in [0.05, 0.1) is 6.61 Å². The third-order valence-electron chi connectivity index (χ3n) is 1.64. The lowest BCUT2D eigenvalue weighted by Crippen LogP contribution is -2.02. The Bertz CT molecular complexity index is 387. The summed E-state index contributed by atoms with van der Waals surface area (Å²) in [6.45, 7) is 3.71. The normalized spacial score (nSPS) is 10.5. The van der Waals surface area contributed by atoms with Crippen molar-refractivity contribution in [3.05, 3.63) is 35.8 Å². The number of allylic oxidation sites excluding steroid dienone is 2. The van der Waals surface area contributed by atoms with Gasteiger partial charge in [0.25, 0.3) is 0 Å². The molecule has 15 heavy (non-hydrogen) atoms. The van der Waals surface area contributed by atoms with E-state index in [1.54, 1.807) is 19.9 Å². The van der Waals surface area contributed by atoms with Crippen molar-refractivity contribution in [3.8, 4) is 0 Å². The van der Waals surface area contributed by atoms with Crippen molar-refractivity contribution in [1.29, 1.82) is 0 Å². The molecule has 1 heterocycles. The number of carbonyl (C=O) groups is 2. The zero-order chi connectivity index (χ0) is 11.3. The minimum Gasteiger partial charge on any atom is -0.460 e. The van der Waals surface area contributed by atoms with Gasteiger partial charge in [0.1, 0.15) is 0 Å². The maximum atomic E-state index is 11.3. The molecule has 80 valence electrons. The molecule has 0 amide bonds. The third kappa shape index (κ3) is 2.80. The number of hydrogen-bond donors (Lipinski definition) is 0. The molecule has 4 heteroatoms. The highest BCUT2D eigenvalue weighted by molar-refractivity contribution is 6.03. The van der Waals surface area contributed by atoms with Crippen LogP contribution in [0.3, 0.4) is 0 Å². The summed E-state index contributed by atoms with van der Waals surface area (Å²) in [7, 11) is 0. The van der Waals surface area contributed by atoms with Crippen LogP contribution >= 0.6 is 0 Å². The molecule has 4 nitrogen and oxygen atoms in total. The SMILES string of the molecule is C/C=C/C(=O)c1ccc(C(=O)OCC)o1. The molecule has 0 atom stereocenters. The predicted molar refractivity (Wildman–Crippen MR) is 53.8 cm³/mol. The highest BCUT2D eigenvalue weighted by Crippen LogP contribution is 2.10. The van der Waals surface area contributed by atoms with E-state index in [9.17, 15) is 9.59 Å². The van der Waals surface area contributed by atoms with Crippen molar-refractivity contribution >= 4 is 11.8 Å². The Morgan fingerprint density at radius 3 is 2.67 bits per heavy atom. The zero-order valence-electron chi connectivity index (χ0n) is 8.65. The van der Waals surface area contributed by atoms with Crippen LogP contribution in [0.15, 0.2) is 28.7 Å². The highest BCUT2D eigenvalue weighted by Gasteiger charge is 2.14. The monoisotopic (exact) mass is 208 g/mol. The van der Waals surface area contributed by atoms with Crippen LogP contribution < -0.4 is 0 Å². The van der Waals surface area contributed by atoms with Crippen molar-refractivity contribution in [2.75, 3.05) is 6.61 Å². The standard InChI is InChI=1S/C11H12O4/c1-3-5-8(12)9-6-7-10(15-9)11(13)14-4-2/h3,5-7H,4H2,1-2H3/b5-3+. The van der Waals surface area contributed by atoms with Gasteiger partial charge in [-0.05, 0) is 32.1 Å². The quantitative estimate of drug-likeness (QED) is 0.432. The lowest BCUT2D eigenvalue weighted by Gasteiger charge is -1.96. The molecule has 0 saturated heterocycles. The molecule has 0 radical (unpaired) electrons. The Hall–Kier alpha value is -1.84. The van der Waals surface area contributed by atoms with Gasteiger partial charge < -0.3 is 9.15 Å². The minimum atomic E-state index is -0.558. The van der Waals surface area contributed by atoms with E-state index < -0.39 is 5.97 Å². The van der Waals surface area contributed by atoms with Crippen LogP contribution in [0.2, 0.25) is 0 Å². The fourth-order valence-corrected chi connectivity index (χ4v) is 1.02. The molecule has 0 aliphatic heterocycles. The molecule has 0 spiro atoms. The first-order valence-electron chi connectivity index (χ1n) is 4.63. The van der Waals surface area contributed by atoms with Gasteiger partial charge in [0.15, 0.2) is 5.76 Å². The van der Waals surface area contributed by atoms with Gasteiger partial charge >= 0.3 is 5.97 Å². The van der Waals surface area contributed by atoms with Gasteiger partial charge in [0.2, 0.25) is 11.5 Å². The summed E-state index contributed by atoms with van der Waals surface area (Å²) in [5.74, 6) is -0.647. The zero-order valence-corrected chi connectivity index (χ0v) is 8.65. The molecule has 0 aliphatic rings. The second-order valence-corrected chi connectivity index (χ2v) is 2.75. The van der Waals surface area contributed by atoms with Gasteiger partial charge in [-0.25, -0.2) is 4.79 Å². The second kappa shape index (κ2) is 5.14. The maximum absolute atomic E-state index is 11.3. The Morgan fingerprint density at radius 1 is 1.40 bits per heavy atom. The van der Waals surface area contributed by atoms with E-state index in [0.29, 0.717) is 0 Å². The van der Waals surface area contributed by atoms with Crippen molar-refractivity contribution in [1.82, 2.24) is 0 Å². The molecule has 0 fully saturated rings. The number of carbonyl (C=O) groups excluding carboxylic acids is 2. The fraction of sp³-hybridized carbons (Fsp3) is 0.273. The van der Waals surface area contributed by atoms with E-state index in [0.717, 1.165) is 0 Å². The molecule has 0 N–H and O–H groups in total. The predicted octanol–water partition coefficient (Wildman–Crippen LogP) is 2.22. The summed E-state index contributed by atoms with van der Waals surface area (Å²) < 4.78 is 9.76.